The Morgan fingerprint density at radius 3 is 2.48 bits per heavy atom. The first-order valence-electron chi connectivity index (χ1n) is 6.46. The highest BCUT2D eigenvalue weighted by molar-refractivity contribution is 7.92. The summed E-state index contributed by atoms with van der Waals surface area (Å²) >= 11 is 0. The molecule has 2 aromatic carbocycles. The molecule has 0 spiro atoms. The molecule has 0 aromatic heterocycles. The lowest BCUT2D eigenvalue weighted by Crippen LogP contribution is -2.43. The minimum atomic E-state index is -3.57. The standard InChI is InChI=1S/C14H17N3O3S/c1-2-21(19,20)17(10-14(18)16-15)13-8-7-11-5-3-4-6-12(11)9-13/h3-9H,2,10,15H2,1H3,(H,16,18). The fourth-order valence-corrected chi connectivity index (χ4v) is 3.07. The molecule has 0 aliphatic heterocycles. The molecule has 6 nitrogen and oxygen atoms in total. The van der Waals surface area contributed by atoms with Gasteiger partial charge in [-0.15, -0.1) is 0 Å². The van der Waals surface area contributed by atoms with Crippen LogP contribution in [-0.2, 0) is 14.8 Å². The average molecular weight is 307 g/mol. The molecule has 0 saturated heterocycles. The summed E-state index contributed by atoms with van der Waals surface area (Å²) in [4.78, 5) is 11.5. The van der Waals surface area contributed by atoms with Crippen LogP contribution in [0.2, 0.25) is 0 Å². The molecule has 0 aliphatic carbocycles. The lowest BCUT2D eigenvalue weighted by atomic mass is 10.1. The number of hydrazine groups is 1. The maximum absolute atomic E-state index is 12.2. The Morgan fingerprint density at radius 2 is 1.86 bits per heavy atom. The molecular weight excluding hydrogens is 290 g/mol. The maximum Gasteiger partial charge on any atom is 0.254 e. The number of nitrogens with two attached hydrogens (primary N) is 1. The number of anilines is 1. The van der Waals surface area contributed by atoms with Crippen LogP contribution in [0.25, 0.3) is 10.8 Å². The van der Waals surface area contributed by atoms with Crippen molar-refractivity contribution in [2.24, 2.45) is 5.84 Å². The van der Waals surface area contributed by atoms with Crippen LogP contribution in [0.1, 0.15) is 6.92 Å². The van der Waals surface area contributed by atoms with Crippen molar-refractivity contribution in [2.75, 3.05) is 16.6 Å². The summed E-state index contributed by atoms with van der Waals surface area (Å²) in [6, 6.07) is 12.8. The summed E-state index contributed by atoms with van der Waals surface area (Å²) in [5, 5.41) is 1.90. The third-order valence-corrected chi connectivity index (χ3v) is 4.91. The molecule has 0 aliphatic rings. The van der Waals surface area contributed by atoms with Gasteiger partial charge < -0.3 is 0 Å². The number of rotatable bonds is 5. The second-order valence-corrected chi connectivity index (χ2v) is 6.69. The van der Waals surface area contributed by atoms with Gasteiger partial charge in [0.2, 0.25) is 10.0 Å². The second kappa shape index (κ2) is 6.11. The van der Waals surface area contributed by atoms with E-state index in [0.29, 0.717) is 5.69 Å². The summed E-state index contributed by atoms with van der Waals surface area (Å²) in [5.74, 6) is 4.38. The van der Waals surface area contributed by atoms with Gasteiger partial charge >= 0.3 is 0 Å². The molecule has 3 N–H and O–H groups in total. The van der Waals surface area contributed by atoms with Crippen LogP contribution in [0.15, 0.2) is 42.5 Å². The van der Waals surface area contributed by atoms with Crippen molar-refractivity contribution in [3.8, 4) is 0 Å². The van der Waals surface area contributed by atoms with Gasteiger partial charge in [0.25, 0.3) is 5.91 Å². The molecule has 0 heterocycles. The van der Waals surface area contributed by atoms with Gasteiger partial charge in [-0.05, 0) is 29.8 Å². The molecule has 0 bridgehead atoms. The van der Waals surface area contributed by atoms with Crippen LogP contribution in [0.3, 0.4) is 0 Å². The van der Waals surface area contributed by atoms with Crippen molar-refractivity contribution < 1.29 is 13.2 Å². The van der Waals surface area contributed by atoms with Gasteiger partial charge in [0.1, 0.15) is 6.54 Å². The summed E-state index contributed by atoms with van der Waals surface area (Å²) in [5.41, 5.74) is 2.40. The normalized spacial score (nSPS) is 11.3. The van der Waals surface area contributed by atoms with E-state index in [1.54, 1.807) is 12.1 Å². The largest absolute Gasteiger partial charge is 0.293 e. The fraction of sp³-hybridized carbons (Fsp3) is 0.214. The number of benzene rings is 2. The third kappa shape index (κ3) is 3.32. The Balaban J connectivity index is 2.50. The summed E-state index contributed by atoms with van der Waals surface area (Å²) in [6.45, 7) is 1.19. The van der Waals surface area contributed by atoms with Crippen LogP contribution in [-0.4, -0.2) is 26.6 Å². The molecule has 0 atom stereocenters. The summed E-state index contributed by atoms with van der Waals surface area (Å²) in [6.07, 6.45) is 0. The molecule has 2 rings (SSSR count). The van der Waals surface area contributed by atoms with Crippen LogP contribution in [0, 0.1) is 0 Å². The van der Waals surface area contributed by atoms with E-state index in [0.717, 1.165) is 15.1 Å². The van der Waals surface area contributed by atoms with Gasteiger partial charge in [-0.2, -0.15) is 0 Å². The zero-order valence-corrected chi connectivity index (χ0v) is 12.4. The topological polar surface area (TPSA) is 92.5 Å². The first-order chi connectivity index (χ1) is 9.97. The van der Waals surface area contributed by atoms with Gasteiger partial charge in [0.05, 0.1) is 11.4 Å². The SMILES string of the molecule is CCS(=O)(=O)N(CC(=O)NN)c1ccc2ccccc2c1. The van der Waals surface area contributed by atoms with Crippen molar-refractivity contribution in [2.45, 2.75) is 6.92 Å². The van der Waals surface area contributed by atoms with Crippen molar-refractivity contribution in [3.05, 3.63) is 42.5 Å². The van der Waals surface area contributed by atoms with Crippen LogP contribution >= 0.6 is 0 Å². The number of hydrogen-bond acceptors (Lipinski definition) is 4. The van der Waals surface area contributed by atoms with Gasteiger partial charge in [-0.25, -0.2) is 14.3 Å². The Hall–Kier alpha value is -2.12. The number of carbonyl (C=O) groups excluding carboxylic acids is 1. The number of nitrogens with zero attached hydrogens (tertiary/aromatic N) is 1. The number of fused-ring (bicyclic) bond motifs is 1. The van der Waals surface area contributed by atoms with Crippen molar-refractivity contribution in [3.63, 3.8) is 0 Å². The Kier molecular flexibility index (Phi) is 4.44. The zero-order chi connectivity index (χ0) is 15.5. The van der Waals surface area contributed by atoms with Gasteiger partial charge in [-0.1, -0.05) is 30.3 Å². The van der Waals surface area contributed by atoms with E-state index in [4.69, 9.17) is 5.84 Å². The number of sulfonamides is 1. The highest BCUT2D eigenvalue weighted by Crippen LogP contribution is 2.24. The predicted molar refractivity (Wildman–Crippen MR) is 83.1 cm³/mol. The van der Waals surface area contributed by atoms with Gasteiger partial charge in [0, 0.05) is 0 Å². The van der Waals surface area contributed by atoms with Crippen LogP contribution in [0.4, 0.5) is 5.69 Å². The lowest BCUT2D eigenvalue weighted by molar-refractivity contribution is -0.119. The van der Waals surface area contributed by atoms with Crippen molar-refractivity contribution in [1.29, 1.82) is 0 Å². The van der Waals surface area contributed by atoms with E-state index in [1.165, 1.54) is 6.92 Å². The minimum Gasteiger partial charge on any atom is -0.293 e. The Bertz CT molecular complexity index is 759. The zero-order valence-electron chi connectivity index (χ0n) is 11.6. The molecule has 7 heteroatoms. The first-order valence-corrected chi connectivity index (χ1v) is 8.07. The van der Waals surface area contributed by atoms with E-state index in [9.17, 15) is 13.2 Å². The molecule has 0 unspecified atom stereocenters. The molecule has 1 amide bonds. The number of hydrogen-bond donors (Lipinski definition) is 2. The second-order valence-electron chi connectivity index (χ2n) is 4.51. The van der Waals surface area contributed by atoms with E-state index in [1.807, 2.05) is 35.8 Å². The lowest BCUT2D eigenvalue weighted by Gasteiger charge is -2.23. The molecule has 0 saturated carbocycles. The average Bonchev–Trinajstić information content (AvgIpc) is 2.51. The highest BCUT2D eigenvalue weighted by Gasteiger charge is 2.23. The summed E-state index contributed by atoms with van der Waals surface area (Å²) < 4.78 is 25.5. The van der Waals surface area contributed by atoms with Crippen molar-refractivity contribution in [1.82, 2.24) is 5.43 Å². The van der Waals surface area contributed by atoms with E-state index >= 15 is 0 Å². The maximum atomic E-state index is 12.2. The monoisotopic (exact) mass is 307 g/mol. The molecule has 0 radical (unpaired) electrons. The molecule has 21 heavy (non-hydrogen) atoms. The van der Waals surface area contributed by atoms with E-state index < -0.39 is 15.9 Å². The van der Waals surface area contributed by atoms with E-state index in [2.05, 4.69) is 0 Å². The molecule has 112 valence electrons. The van der Waals surface area contributed by atoms with Gasteiger partial charge in [0.15, 0.2) is 0 Å². The predicted octanol–water partition coefficient (Wildman–Crippen LogP) is 0.986. The van der Waals surface area contributed by atoms with Crippen LogP contribution < -0.4 is 15.6 Å². The highest BCUT2D eigenvalue weighted by atomic mass is 32.2. The van der Waals surface area contributed by atoms with Gasteiger partial charge in [-0.3, -0.25) is 14.5 Å². The minimum absolute atomic E-state index is 0.0995. The van der Waals surface area contributed by atoms with Crippen LogP contribution in [0.5, 0.6) is 0 Å². The molecule has 0 fully saturated rings. The first kappa shape index (κ1) is 15.3. The Labute approximate surface area is 123 Å². The summed E-state index contributed by atoms with van der Waals surface area (Å²) in [7, 11) is -3.57. The Morgan fingerprint density at radius 1 is 1.19 bits per heavy atom. The molecular formula is C14H17N3O3S. The molecule has 2 aromatic rings. The van der Waals surface area contributed by atoms with E-state index in [-0.39, 0.29) is 12.3 Å². The smallest absolute Gasteiger partial charge is 0.254 e. The quantitative estimate of drug-likeness (QED) is 0.489. The number of nitrogens with one attached hydrogen (secondary N) is 1. The number of carbonyl (C=O) groups is 1. The number of amides is 1. The third-order valence-electron chi connectivity index (χ3n) is 3.17. The van der Waals surface area contributed by atoms with Crippen molar-refractivity contribution >= 4 is 32.4 Å². The fourth-order valence-electron chi connectivity index (χ4n) is 2.01.